The Bertz CT molecular complexity index is 413. The Balaban J connectivity index is 2.04. The molecule has 1 unspecified atom stereocenters. The van der Waals surface area contributed by atoms with Gasteiger partial charge in [0.05, 0.1) is 5.69 Å². The molecule has 0 aliphatic heterocycles. The zero-order valence-corrected chi connectivity index (χ0v) is 14.1. The maximum absolute atomic E-state index is 5.93. The molecule has 114 valence electrons. The summed E-state index contributed by atoms with van der Waals surface area (Å²) in [5.41, 5.74) is 1.26. The highest BCUT2D eigenvalue weighted by molar-refractivity contribution is 7.11. The lowest BCUT2D eigenvalue weighted by Gasteiger charge is -2.12. The molecule has 1 fully saturated rings. The van der Waals surface area contributed by atoms with Crippen LogP contribution in [0, 0.1) is 11.8 Å². The molecule has 1 aliphatic rings. The highest BCUT2D eigenvalue weighted by Gasteiger charge is 2.35. The molecular weight excluding hydrogens is 268 g/mol. The summed E-state index contributed by atoms with van der Waals surface area (Å²) in [7, 11) is 0. The first-order chi connectivity index (χ1) is 9.65. The Kier molecular flexibility index (Phi) is 6.00. The van der Waals surface area contributed by atoms with Gasteiger partial charge in [0.15, 0.2) is 0 Å². The molecule has 2 rings (SSSR count). The zero-order chi connectivity index (χ0) is 14.5. The molecule has 20 heavy (non-hydrogen) atoms. The van der Waals surface area contributed by atoms with Crippen LogP contribution in [0.2, 0.25) is 0 Å². The zero-order valence-electron chi connectivity index (χ0n) is 13.2. The van der Waals surface area contributed by atoms with Crippen LogP contribution in [0.25, 0.3) is 0 Å². The number of aryl methyl sites for hydroxylation is 1. The summed E-state index contributed by atoms with van der Waals surface area (Å²) < 4.78 is 5.93. The molecule has 1 aromatic rings. The van der Waals surface area contributed by atoms with Crippen molar-refractivity contribution < 1.29 is 4.74 Å². The summed E-state index contributed by atoms with van der Waals surface area (Å²) in [5, 5.41) is 4.74. The normalized spacial score (nSPS) is 16.9. The predicted molar refractivity (Wildman–Crippen MR) is 85.1 cm³/mol. The van der Waals surface area contributed by atoms with Crippen molar-refractivity contribution in [2.24, 2.45) is 11.8 Å². The van der Waals surface area contributed by atoms with E-state index in [4.69, 9.17) is 9.72 Å². The van der Waals surface area contributed by atoms with Gasteiger partial charge in [-0.05, 0) is 44.6 Å². The van der Waals surface area contributed by atoms with E-state index in [1.165, 1.54) is 28.4 Å². The number of aromatic nitrogens is 1. The predicted octanol–water partition coefficient (Wildman–Crippen LogP) is 3.94. The summed E-state index contributed by atoms with van der Waals surface area (Å²) in [6.07, 6.45) is 3.85. The molecule has 3 nitrogen and oxygen atoms in total. The summed E-state index contributed by atoms with van der Waals surface area (Å²) in [6, 6.07) is 0. The average molecular weight is 296 g/mol. The number of hydrogen-bond acceptors (Lipinski definition) is 4. The van der Waals surface area contributed by atoms with Gasteiger partial charge in [0.2, 0.25) is 0 Å². The average Bonchev–Trinajstić information content (AvgIpc) is 3.16. The summed E-state index contributed by atoms with van der Waals surface area (Å²) >= 11 is 1.85. The van der Waals surface area contributed by atoms with Crippen molar-refractivity contribution in [1.29, 1.82) is 0 Å². The number of thiazole rings is 1. The van der Waals surface area contributed by atoms with Crippen LogP contribution in [-0.2, 0) is 17.7 Å². The molecule has 0 radical (unpaired) electrons. The van der Waals surface area contributed by atoms with Crippen molar-refractivity contribution in [2.75, 3.05) is 13.2 Å². The van der Waals surface area contributed by atoms with Crippen LogP contribution in [0.4, 0.5) is 0 Å². The van der Waals surface area contributed by atoms with Gasteiger partial charge >= 0.3 is 0 Å². The highest BCUT2D eigenvalue weighted by Crippen LogP contribution is 2.44. The first-order valence-corrected chi connectivity index (χ1v) is 8.78. The van der Waals surface area contributed by atoms with Crippen molar-refractivity contribution in [3.05, 3.63) is 15.6 Å². The fourth-order valence-corrected chi connectivity index (χ4v) is 3.67. The van der Waals surface area contributed by atoms with Gasteiger partial charge in [-0.3, -0.25) is 0 Å². The molecule has 4 heteroatoms. The number of nitrogens with zero attached hydrogens (tertiary/aromatic N) is 1. The number of rotatable bonds is 9. The van der Waals surface area contributed by atoms with Crippen LogP contribution in [0.3, 0.4) is 0 Å². The molecule has 1 aliphatic carbocycles. The first kappa shape index (κ1) is 15.9. The lowest BCUT2D eigenvalue weighted by molar-refractivity contribution is 0.0461. The van der Waals surface area contributed by atoms with E-state index in [1.807, 2.05) is 11.3 Å². The molecule has 0 amide bonds. The van der Waals surface area contributed by atoms with Gasteiger partial charge in [-0.15, -0.1) is 11.3 Å². The van der Waals surface area contributed by atoms with Gasteiger partial charge in [-0.1, -0.05) is 20.8 Å². The lowest BCUT2D eigenvalue weighted by Crippen LogP contribution is -2.18. The van der Waals surface area contributed by atoms with Crippen molar-refractivity contribution in [3.8, 4) is 0 Å². The van der Waals surface area contributed by atoms with Crippen molar-refractivity contribution in [2.45, 2.75) is 59.6 Å². The number of hydrogen-bond donors (Lipinski definition) is 1. The summed E-state index contributed by atoms with van der Waals surface area (Å²) in [5.74, 6) is 1.40. The molecule has 1 N–H and O–H groups in total. The van der Waals surface area contributed by atoms with Gasteiger partial charge in [-0.2, -0.15) is 0 Å². The Morgan fingerprint density at radius 2 is 2.10 bits per heavy atom. The van der Waals surface area contributed by atoms with Crippen LogP contribution in [0.15, 0.2) is 0 Å². The van der Waals surface area contributed by atoms with E-state index in [0.717, 1.165) is 26.1 Å². The van der Waals surface area contributed by atoms with Crippen LogP contribution in [0.5, 0.6) is 0 Å². The minimum Gasteiger partial charge on any atom is -0.371 e. The molecule has 0 aromatic carbocycles. The molecule has 1 heterocycles. The fourth-order valence-electron chi connectivity index (χ4n) is 2.40. The Labute approximate surface area is 127 Å². The van der Waals surface area contributed by atoms with E-state index in [0.29, 0.717) is 11.8 Å². The number of nitrogens with one attached hydrogen (secondary N) is 1. The maximum Gasteiger partial charge on any atom is 0.122 e. The Hall–Kier alpha value is -0.450. The molecule has 1 atom stereocenters. The van der Waals surface area contributed by atoms with Crippen LogP contribution in [0.1, 0.15) is 62.2 Å². The lowest BCUT2D eigenvalue weighted by atomic mass is 10.2. The molecule has 0 spiro atoms. The van der Waals surface area contributed by atoms with E-state index in [9.17, 15) is 0 Å². The van der Waals surface area contributed by atoms with Crippen molar-refractivity contribution >= 4 is 11.3 Å². The third kappa shape index (κ3) is 4.27. The Morgan fingerprint density at radius 3 is 2.65 bits per heavy atom. The van der Waals surface area contributed by atoms with Gasteiger partial charge in [0.1, 0.15) is 11.1 Å². The van der Waals surface area contributed by atoms with E-state index in [2.05, 4.69) is 33.0 Å². The van der Waals surface area contributed by atoms with Gasteiger partial charge in [0, 0.05) is 18.0 Å². The minimum atomic E-state index is 0.245. The minimum absolute atomic E-state index is 0.245. The van der Waals surface area contributed by atoms with E-state index in [1.54, 1.807) is 0 Å². The van der Waals surface area contributed by atoms with E-state index < -0.39 is 0 Å². The van der Waals surface area contributed by atoms with Crippen LogP contribution in [-0.4, -0.2) is 18.1 Å². The SMILES string of the molecule is CCOC(c1nc(CC)c(CNCC(C)C)s1)C1CC1. The van der Waals surface area contributed by atoms with Crippen molar-refractivity contribution in [3.63, 3.8) is 0 Å². The van der Waals surface area contributed by atoms with Gasteiger partial charge in [0.25, 0.3) is 0 Å². The second kappa shape index (κ2) is 7.53. The third-order valence-corrected chi connectivity index (χ3v) is 4.77. The monoisotopic (exact) mass is 296 g/mol. The quantitative estimate of drug-likeness (QED) is 0.749. The second-order valence-electron chi connectivity index (χ2n) is 6.01. The third-order valence-electron chi connectivity index (χ3n) is 3.61. The molecule has 1 aromatic heterocycles. The topological polar surface area (TPSA) is 34.1 Å². The Morgan fingerprint density at radius 1 is 1.35 bits per heavy atom. The molecular formula is C16H28N2OS. The molecule has 0 saturated heterocycles. The second-order valence-corrected chi connectivity index (χ2v) is 7.13. The van der Waals surface area contributed by atoms with E-state index in [-0.39, 0.29) is 6.10 Å². The molecule has 1 saturated carbocycles. The smallest absolute Gasteiger partial charge is 0.122 e. The molecule has 0 bridgehead atoms. The largest absolute Gasteiger partial charge is 0.371 e. The first-order valence-electron chi connectivity index (χ1n) is 7.96. The van der Waals surface area contributed by atoms with E-state index >= 15 is 0 Å². The summed E-state index contributed by atoms with van der Waals surface area (Å²) in [4.78, 5) is 6.26. The summed E-state index contributed by atoms with van der Waals surface area (Å²) in [6.45, 7) is 11.5. The van der Waals surface area contributed by atoms with Crippen LogP contribution < -0.4 is 5.32 Å². The fraction of sp³-hybridized carbons (Fsp3) is 0.812. The number of ether oxygens (including phenoxy) is 1. The highest BCUT2D eigenvalue weighted by atomic mass is 32.1. The standard InChI is InChI=1S/C16H28N2OS/c1-5-13-14(10-17-9-11(3)4)20-16(18-13)15(19-6-2)12-7-8-12/h11-12,15,17H,5-10H2,1-4H3. The van der Waals surface area contributed by atoms with Gasteiger partial charge < -0.3 is 10.1 Å². The maximum atomic E-state index is 5.93. The van der Waals surface area contributed by atoms with Crippen LogP contribution >= 0.6 is 11.3 Å². The van der Waals surface area contributed by atoms with Gasteiger partial charge in [-0.25, -0.2) is 4.98 Å². The van der Waals surface area contributed by atoms with Crippen molar-refractivity contribution in [1.82, 2.24) is 10.3 Å².